The Morgan fingerprint density at radius 3 is 1.70 bits per heavy atom. The lowest BCUT2D eigenvalue weighted by Gasteiger charge is -2.10. The Kier molecular flexibility index (Phi) is 12.6. The summed E-state index contributed by atoms with van der Waals surface area (Å²) in [6.07, 6.45) is 18.5. The first kappa shape index (κ1) is 19.9. The second-order valence-corrected chi connectivity index (χ2v) is 6.83. The van der Waals surface area contributed by atoms with Gasteiger partial charge in [0, 0.05) is 5.92 Å². The van der Waals surface area contributed by atoms with E-state index in [1.54, 1.807) is 0 Å². The number of carbonyl (C=O) groups is 1. The molecule has 0 bridgehead atoms. The number of rotatable bonds is 15. The molecular formula is C22H36O. The second kappa shape index (κ2) is 14.5. The summed E-state index contributed by atoms with van der Waals surface area (Å²) in [5, 5.41) is 0. The largest absolute Gasteiger partial charge is 0.303 e. The van der Waals surface area contributed by atoms with Crippen LogP contribution in [-0.2, 0) is 4.79 Å². The zero-order chi connectivity index (χ0) is 16.6. The number of aldehydes is 1. The Labute approximate surface area is 143 Å². The molecule has 1 atom stereocenters. The molecule has 0 aliphatic heterocycles. The number of hydrogen-bond donors (Lipinski definition) is 0. The van der Waals surface area contributed by atoms with Crippen molar-refractivity contribution in [3.8, 4) is 0 Å². The van der Waals surface area contributed by atoms with Crippen LogP contribution in [0.15, 0.2) is 30.3 Å². The Hall–Kier alpha value is -1.11. The topological polar surface area (TPSA) is 17.1 Å². The summed E-state index contributed by atoms with van der Waals surface area (Å²) in [5.41, 5.74) is 1.17. The van der Waals surface area contributed by atoms with Gasteiger partial charge in [0.2, 0.25) is 0 Å². The Morgan fingerprint density at radius 2 is 1.22 bits per heavy atom. The van der Waals surface area contributed by atoms with Gasteiger partial charge in [-0.3, -0.25) is 0 Å². The standard InChI is InChI=1S/C22H36O/c1-2-3-4-5-6-7-8-9-10-11-12-14-19-22(20-23)21-17-15-13-16-18-21/h13,15-18,20,22H,2-12,14,19H2,1H3. The van der Waals surface area contributed by atoms with Gasteiger partial charge in [-0.25, -0.2) is 0 Å². The van der Waals surface area contributed by atoms with Crippen LogP contribution in [0.25, 0.3) is 0 Å². The summed E-state index contributed by atoms with van der Waals surface area (Å²) in [4.78, 5) is 11.2. The van der Waals surface area contributed by atoms with Crippen molar-refractivity contribution in [1.82, 2.24) is 0 Å². The summed E-state index contributed by atoms with van der Waals surface area (Å²) >= 11 is 0. The molecule has 0 fully saturated rings. The zero-order valence-corrected chi connectivity index (χ0v) is 15.1. The van der Waals surface area contributed by atoms with Gasteiger partial charge < -0.3 is 4.79 Å². The van der Waals surface area contributed by atoms with Crippen LogP contribution in [0.3, 0.4) is 0 Å². The lowest BCUT2D eigenvalue weighted by Crippen LogP contribution is -2.00. The van der Waals surface area contributed by atoms with Crippen LogP contribution < -0.4 is 0 Å². The first-order valence-electron chi connectivity index (χ1n) is 9.88. The molecule has 0 radical (unpaired) electrons. The van der Waals surface area contributed by atoms with E-state index in [2.05, 4.69) is 19.1 Å². The van der Waals surface area contributed by atoms with E-state index in [9.17, 15) is 4.79 Å². The van der Waals surface area contributed by atoms with E-state index >= 15 is 0 Å². The predicted octanol–water partition coefficient (Wildman–Crippen LogP) is 7.06. The highest BCUT2D eigenvalue weighted by atomic mass is 16.1. The molecule has 1 unspecified atom stereocenters. The van der Waals surface area contributed by atoms with Crippen LogP contribution in [0.5, 0.6) is 0 Å². The fourth-order valence-electron chi connectivity index (χ4n) is 3.22. The van der Waals surface area contributed by atoms with Crippen LogP contribution in [0.1, 0.15) is 102 Å². The lowest BCUT2D eigenvalue weighted by molar-refractivity contribution is -0.109. The van der Waals surface area contributed by atoms with Crippen molar-refractivity contribution >= 4 is 6.29 Å². The molecule has 0 heterocycles. The van der Waals surface area contributed by atoms with Crippen molar-refractivity contribution in [1.29, 1.82) is 0 Å². The van der Waals surface area contributed by atoms with Crippen LogP contribution in [-0.4, -0.2) is 6.29 Å². The van der Waals surface area contributed by atoms with Gasteiger partial charge in [-0.1, -0.05) is 114 Å². The summed E-state index contributed by atoms with van der Waals surface area (Å²) in [5.74, 6) is 0.0966. The molecule has 1 aromatic carbocycles. The molecule has 0 aliphatic rings. The smallest absolute Gasteiger partial charge is 0.127 e. The van der Waals surface area contributed by atoms with Gasteiger partial charge in [0.05, 0.1) is 0 Å². The molecule has 0 aromatic heterocycles. The van der Waals surface area contributed by atoms with Gasteiger partial charge in [0.1, 0.15) is 6.29 Å². The molecule has 0 saturated heterocycles. The van der Waals surface area contributed by atoms with E-state index in [1.807, 2.05) is 18.2 Å². The molecule has 0 spiro atoms. The monoisotopic (exact) mass is 316 g/mol. The molecule has 0 saturated carbocycles. The molecule has 0 N–H and O–H groups in total. The van der Waals surface area contributed by atoms with Crippen molar-refractivity contribution in [2.45, 2.75) is 96.3 Å². The van der Waals surface area contributed by atoms with Crippen molar-refractivity contribution in [3.05, 3.63) is 35.9 Å². The van der Waals surface area contributed by atoms with Gasteiger partial charge in [-0.15, -0.1) is 0 Å². The van der Waals surface area contributed by atoms with E-state index < -0.39 is 0 Å². The minimum Gasteiger partial charge on any atom is -0.303 e. The molecule has 0 aliphatic carbocycles. The van der Waals surface area contributed by atoms with Gasteiger partial charge in [0.15, 0.2) is 0 Å². The summed E-state index contributed by atoms with van der Waals surface area (Å²) in [6.45, 7) is 2.27. The average molecular weight is 317 g/mol. The number of benzene rings is 1. The number of hydrogen-bond acceptors (Lipinski definition) is 1. The minimum absolute atomic E-state index is 0.0966. The number of carbonyl (C=O) groups excluding carboxylic acids is 1. The SMILES string of the molecule is CCCCCCCCCCCCCCC(C=O)c1ccccc1. The first-order chi connectivity index (χ1) is 11.4. The highest BCUT2D eigenvalue weighted by Gasteiger charge is 2.08. The highest BCUT2D eigenvalue weighted by Crippen LogP contribution is 2.21. The summed E-state index contributed by atoms with van der Waals surface area (Å²) in [6, 6.07) is 10.2. The third-order valence-electron chi connectivity index (χ3n) is 4.76. The zero-order valence-electron chi connectivity index (χ0n) is 15.1. The predicted molar refractivity (Wildman–Crippen MR) is 101 cm³/mol. The quantitative estimate of drug-likeness (QED) is 0.250. The minimum atomic E-state index is 0.0966. The van der Waals surface area contributed by atoms with Crippen molar-refractivity contribution in [2.24, 2.45) is 0 Å². The third kappa shape index (κ3) is 10.3. The van der Waals surface area contributed by atoms with Crippen LogP contribution >= 0.6 is 0 Å². The molecule has 1 rings (SSSR count). The third-order valence-corrected chi connectivity index (χ3v) is 4.76. The van der Waals surface area contributed by atoms with Gasteiger partial charge in [-0.2, -0.15) is 0 Å². The maximum absolute atomic E-state index is 11.2. The molecular weight excluding hydrogens is 280 g/mol. The Bertz CT molecular complexity index is 371. The fraction of sp³-hybridized carbons (Fsp3) is 0.682. The molecule has 1 aromatic rings. The number of unbranched alkanes of at least 4 members (excludes halogenated alkanes) is 11. The summed E-state index contributed by atoms with van der Waals surface area (Å²) in [7, 11) is 0. The van der Waals surface area contributed by atoms with Crippen LogP contribution in [0, 0.1) is 0 Å². The van der Waals surface area contributed by atoms with Crippen LogP contribution in [0.2, 0.25) is 0 Å². The maximum Gasteiger partial charge on any atom is 0.127 e. The first-order valence-corrected chi connectivity index (χ1v) is 9.88. The van der Waals surface area contributed by atoms with Crippen molar-refractivity contribution < 1.29 is 4.79 Å². The van der Waals surface area contributed by atoms with Gasteiger partial charge >= 0.3 is 0 Å². The van der Waals surface area contributed by atoms with E-state index in [4.69, 9.17) is 0 Å². The lowest BCUT2D eigenvalue weighted by atomic mass is 9.94. The normalized spacial score (nSPS) is 12.2. The molecule has 0 amide bonds. The highest BCUT2D eigenvalue weighted by molar-refractivity contribution is 5.61. The van der Waals surface area contributed by atoms with Crippen molar-refractivity contribution in [3.63, 3.8) is 0 Å². The van der Waals surface area contributed by atoms with Crippen LogP contribution in [0.4, 0.5) is 0 Å². The fourth-order valence-corrected chi connectivity index (χ4v) is 3.22. The van der Waals surface area contributed by atoms with E-state index in [-0.39, 0.29) is 5.92 Å². The van der Waals surface area contributed by atoms with E-state index in [0.29, 0.717) is 0 Å². The average Bonchev–Trinajstić information content (AvgIpc) is 2.60. The van der Waals surface area contributed by atoms with E-state index in [0.717, 1.165) is 12.7 Å². The Morgan fingerprint density at radius 1 is 0.739 bits per heavy atom. The van der Waals surface area contributed by atoms with Crippen molar-refractivity contribution in [2.75, 3.05) is 0 Å². The van der Waals surface area contributed by atoms with Gasteiger partial charge in [0.25, 0.3) is 0 Å². The van der Waals surface area contributed by atoms with E-state index in [1.165, 1.54) is 82.6 Å². The molecule has 1 heteroatoms. The molecule has 1 nitrogen and oxygen atoms in total. The molecule has 23 heavy (non-hydrogen) atoms. The summed E-state index contributed by atoms with van der Waals surface area (Å²) < 4.78 is 0. The maximum atomic E-state index is 11.2. The Balaban J connectivity index is 1.92. The van der Waals surface area contributed by atoms with Gasteiger partial charge in [-0.05, 0) is 12.0 Å². The second-order valence-electron chi connectivity index (χ2n) is 6.83. The molecule has 130 valence electrons.